The molecule has 1 amide bonds. The van der Waals surface area contributed by atoms with Crippen LogP contribution in [0.15, 0.2) is 72.8 Å². The summed E-state index contributed by atoms with van der Waals surface area (Å²) in [5.74, 6) is -0.274. The van der Waals surface area contributed by atoms with Gasteiger partial charge in [0.2, 0.25) is 5.91 Å². The SMILES string of the molecule is CCNC(=O)C(c1ccc(C(=O)OCC)cc1)c1cc(OCc2ccccc2)ccc1N1CCCCC1. The Hall–Kier alpha value is -3.80. The second-order valence-corrected chi connectivity index (χ2v) is 9.21. The number of nitrogens with zero attached hydrogens (tertiary/aromatic N) is 1. The van der Waals surface area contributed by atoms with Gasteiger partial charge in [-0.1, -0.05) is 42.5 Å². The van der Waals surface area contributed by atoms with Crippen molar-refractivity contribution in [1.82, 2.24) is 5.32 Å². The van der Waals surface area contributed by atoms with E-state index in [4.69, 9.17) is 9.47 Å². The smallest absolute Gasteiger partial charge is 0.338 e. The van der Waals surface area contributed by atoms with Crippen LogP contribution in [0.3, 0.4) is 0 Å². The molecule has 1 fully saturated rings. The van der Waals surface area contributed by atoms with Gasteiger partial charge in [0.1, 0.15) is 12.4 Å². The number of esters is 1. The van der Waals surface area contributed by atoms with Gasteiger partial charge in [-0.15, -0.1) is 0 Å². The molecule has 6 nitrogen and oxygen atoms in total. The molecule has 3 aromatic carbocycles. The van der Waals surface area contributed by atoms with Crippen molar-refractivity contribution >= 4 is 17.6 Å². The van der Waals surface area contributed by atoms with Gasteiger partial charge in [-0.2, -0.15) is 0 Å². The van der Waals surface area contributed by atoms with Crippen LogP contribution in [0.4, 0.5) is 5.69 Å². The molecule has 1 saturated heterocycles. The number of likely N-dealkylation sites (N-methyl/N-ethyl adjacent to an activating group) is 1. The Kier molecular flexibility index (Phi) is 9.19. The molecule has 1 aliphatic heterocycles. The number of ether oxygens (including phenoxy) is 2. The summed E-state index contributed by atoms with van der Waals surface area (Å²) in [6, 6.07) is 23.3. The summed E-state index contributed by atoms with van der Waals surface area (Å²) >= 11 is 0. The summed E-state index contributed by atoms with van der Waals surface area (Å²) in [6.45, 7) is 6.92. The fourth-order valence-electron chi connectivity index (χ4n) is 4.79. The third kappa shape index (κ3) is 6.70. The monoisotopic (exact) mass is 500 g/mol. The summed E-state index contributed by atoms with van der Waals surface area (Å²) < 4.78 is 11.3. The molecule has 0 bridgehead atoms. The van der Waals surface area contributed by atoms with E-state index in [0.717, 1.165) is 54.1 Å². The highest BCUT2D eigenvalue weighted by Crippen LogP contribution is 2.37. The summed E-state index contributed by atoms with van der Waals surface area (Å²) in [4.78, 5) is 28.1. The lowest BCUT2D eigenvalue weighted by molar-refractivity contribution is -0.121. The molecule has 0 spiro atoms. The largest absolute Gasteiger partial charge is 0.489 e. The average Bonchev–Trinajstić information content (AvgIpc) is 2.94. The van der Waals surface area contributed by atoms with Crippen LogP contribution < -0.4 is 15.0 Å². The molecular weight excluding hydrogens is 464 g/mol. The van der Waals surface area contributed by atoms with E-state index in [1.807, 2.05) is 61.5 Å². The molecule has 1 aliphatic rings. The lowest BCUT2D eigenvalue weighted by Gasteiger charge is -2.33. The third-order valence-corrected chi connectivity index (χ3v) is 6.62. The third-order valence-electron chi connectivity index (χ3n) is 6.62. The number of nitrogens with one attached hydrogen (secondary N) is 1. The molecule has 1 unspecified atom stereocenters. The Bertz CT molecular complexity index is 1170. The molecule has 4 rings (SSSR count). The molecule has 3 aromatic rings. The van der Waals surface area contributed by atoms with Crippen LogP contribution in [0, 0.1) is 0 Å². The Balaban J connectivity index is 1.73. The van der Waals surface area contributed by atoms with Crippen molar-refractivity contribution in [3.63, 3.8) is 0 Å². The highest BCUT2D eigenvalue weighted by atomic mass is 16.5. The van der Waals surface area contributed by atoms with Crippen LogP contribution in [0.5, 0.6) is 5.75 Å². The van der Waals surface area contributed by atoms with E-state index in [0.29, 0.717) is 25.3 Å². The Morgan fingerprint density at radius 3 is 2.32 bits per heavy atom. The summed E-state index contributed by atoms with van der Waals surface area (Å²) in [7, 11) is 0. The number of carbonyl (C=O) groups excluding carboxylic acids is 2. The molecule has 1 N–H and O–H groups in total. The van der Waals surface area contributed by atoms with E-state index in [1.54, 1.807) is 19.1 Å². The second-order valence-electron chi connectivity index (χ2n) is 9.21. The molecule has 0 radical (unpaired) electrons. The summed E-state index contributed by atoms with van der Waals surface area (Å²) in [5, 5.41) is 3.02. The fraction of sp³-hybridized carbons (Fsp3) is 0.355. The number of hydrogen-bond donors (Lipinski definition) is 1. The van der Waals surface area contributed by atoms with Crippen LogP contribution in [-0.2, 0) is 16.1 Å². The molecule has 0 aromatic heterocycles. The molecule has 0 saturated carbocycles. The van der Waals surface area contributed by atoms with Crippen LogP contribution in [-0.4, -0.2) is 38.1 Å². The minimum atomic E-state index is -0.548. The van der Waals surface area contributed by atoms with E-state index in [1.165, 1.54) is 6.42 Å². The number of amides is 1. The first kappa shape index (κ1) is 26.3. The first-order valence-electron chi connectivity index (χ1n) is 13.2. The maximum absolute atomic E-state index is 13.5. The van der Waals surface area contributed by atoms with Crippen molar-refractivity contribution in [3.8, 4) is 5.75 Å². The van der Waals surface area contributed by atoms with E-state index >= 15 is 0 Å². The van der Waals surface area contributed by atoms with Gasteiger partial charge in [-0.05, 0) is 80.1 Å². The van der Waals surface area contributed by atoms with Crippen molar-refractivity contribution in [2.75, 3.05) is 31.1 Å². The van der Waals surface area contributed by atoms with Crippen LogP contribution in [0.1, 0.15) is 66.1 Å². The Labute approximate surface area is 219 Å². The molecule has 0 aliphatic carbocycles. The number of hydrogen-bond acceptors (Lipinski definition) is 5. The number of benzene rings is 3. The first-order valence-corrected chi connectivity index (χ1v) is 13.2. The lowest BCUT2D eigenvalue weighted by Crippen LogP contribution is -2.34. The van der Waals surface area contributed by atoms with E-state index in [-0.39, 0.29) is 11.9 Å². The summed E-state index contributed by atoms with van der Waals surface area (Å²) in [6.07, 6.45) is 3.48. The lowest BCUT2D eigenvalue weighted by atomic mass is 9.87. The van der Waals surface area contributed by atoms with Crippen molar-refractivity contribution < 1.29 is 19.1 Å². The molecule has 1 atom stereocenters. The van der Waals surface area contributed by atoms with E-state index in [2.05, 4.69) is 16.3 Å². The molecule has 1 heterocycles. The van der Waals surface area contributed by atoms with Crippen molar-refractivity contribution in [1.29, 1.82) is 0 Å². The second kappa shape index (κ2) is 12.9. The van der Waals surface area contributed by atoms with E-state index in [9.17, 15) is 9.59 Å². The van der Waals surface area contributed by atoms with Crippen molar-refractivity contribution in [2.24, 2.45) is 0 Å². The van der Waals surface area contributed by atoms with Crippen molar-refractivity contribution in [3.05, 3.63) is 95.1 Å². The van der Waals surface area contributed by atoms with Gasteiger partial charge < -0.3 is 19.7 Å². The quantitative estimate of drug-likeness (QED) is 0.362. The molecular formula is C31H36N2O4. The predicted octanol–water partition coefficient (Wildman–Crippen LogP) is 5.70. The topological polar surface area (TPSA) is 67.9 Å². The van der Waals surface area contributed by atoms with Gasteiger partial charge in [-0.3, -0.25) is 4.79 Å². The molecule has 194 valence electrons. The maximum atomic E-state index is 13.5. The molecule has 37 heavy (non-hydrogen) atoms. The van der Waals surface area contributed by atoms with Crippen LogP contribution in [0.2, 0.25) is 0 Å². The zero-order valence-corrected chi connectivity index (χ0v) is 21.7. The van der Waals surface area contributed by atoms with Gasteiger partial charge >= 0.3 is 5.97 Å². The maximum Gasteiger partial charge on any atom is 0.338 e. The number of rotatable bonds is 10. The zero-order chi connectivity index (χ0) is 26.0. The standard InChI is InChI=1S/C31H36N2O4/c1-3-32-30(34)29(24-13-15-25(16-14-24)31(35)36-4-2)27-21-26(37-22-23-11-7-5-8-12-23)17-18-28(27)33-19-9-6-10-20-33/h5,7-8,11-18,21,29H,3-4,6,9-10,19-20,22H2,1-2H3,(H,32,34). The minimum Gasteiger partial charge on any atom is -0.489 e. The highest BCUT2D eigenvalue weighted by Gasteiger charge is 2.28. The first-order chi connectivity index (χ1) is 18.1. The van der Waals surface area contributed by atoms with E-state index < -0.39 is 5.92 Å². The van der Waals surface area contributed by atoms with Crippen LogP contribution in [0.25, 0.3) is 0 Å². The number of carbonyl (C=O) groups is 2. The van der Waals surface area contributed by atoms with Gasteiger partial charge in [0.05, 0.1) is 18.1 Å². The van der Waals surface area contributed by atoms with Gasteiger partial charge in [-0.25, -0.2) is 4.79 Å². The Morgan fingerprint density at radius 2 is 1.65 bits per heavy atom. The normalized spacial score (nSPS) is 14.1. The van der Waals surface area contributed by atoms with Crippen molar-refractivity contribution in [2.45, 2.75) is 45.6 Å². The highest BCUT2D eigenvalue weighted by molar-refractivity contribution is 5.91. The number of piperidine rings is 1. The number of anilines is 1. The predicted molar refractivity (Wildman–Crippen MR) is 146 cm³/mol. The van der Waals surface area contributed by atoms with Gasteiger partial charge in [0.25, 0.3) is 0 Å². The van der Waals surface area contributed by atoms with Crippen LogP contribution >= 0.6 is 0 Å². The minimum absolute atomic E-state index is 0.0788. The summed E-state index contributed by atoms with van der Waals surface area (Å²) in [5.41, 5.74) is 4.33. The zero-order valence-electron chi connectivity index (χ0n) is 21.7. The average molecular weight is 501 g/mol. The van der Waals surface area contributed by atoms with Gasteiger partial charge in [0, 0.05) is 25.3 Å². The van der Waals surface area contributed by atoms with Gasteiger partial charge in [0.15, 0.2) is 0 Å². The fourth-order valence-corrected chi connectivity index (χ4v) is 4.79. The Morgan fingerprint density at radius 1 is 0.919 bits per heavy atom. The molecule has 6 heteroatoms.